The van der Waals surface area contributed by atoms with Crippen molar-refractivity contribution in [2.75, 3.05) is 0 Å². The number of fused-ring (bicyclic) bond motifs is 4. The van der Waals surface area contributed by atoms with Gasteiger partial charge in [0.15, 0.2) is 0 Å². The van der Waals surface area contributed by atoms with Crippen molar-refractivity contribution in [2.24, 2.45) is 5.92 Å². The van der Waals surface area contributed by atoms with E-state index in [-0.39, 0.29) is 20.1 Å². The van der Waals surface area contributed by atoms with Gasteiger partial charge in [0.2, 0.25) is 5.71 Å². The molecule has 0 fully saturated rings. The molecule has 62 heavy (non-hydrogen) atoms. The Morgan fingerprint density at radius 3 is 2.13 bits per heavy atom. The number of benzene rings is 6. The van der Waals surface area contributed by atoms with Crippen LogP contribution in [0.1, 0.15) is 25.0 Å². The van der Waals surface area contributed by atoms with E-state index in [1.165, 1.54) is 5.56 Å². The van der Waals surface area contributed by atoms with Gasteiger partial charge in [0.1, 0.15) is 0 Å². The second-order valence-corrected chi connectivity index (χ2v) is 27.6. The summed E-state index contributed by atoms with van der Waals surface area (Å²) in [6.07, 6.45) is 3.27. The first-order valence-electron chi connectivity index (χ1n) is 21.0. The van der Waals surface area contributed by atoms with E-state index in [4.69, 9.17) is 19.4 Å². The first-order chi connectivity index (χ1) is 29.6. The molecule has 0 aliphatic rings. The van der Waals surface area contributed by atoms with Gasteiger partial charge in [-0.3, -0.25) is 4.98 Å². The number of imidazole rings is 1. The van der Waals surface area contributed by atoms with Crippen LogP contribution in [0.25, 0.3) is 83.8 Å². The van der Waals surface area contributed by atoms with Crippen LogP contribution in [0.4, 0.5) is 0 Å². The van der Waals surface area contributed by atoms with Gasteiger partial charge in [-0.25, -0.2) is 4.98 Å². The molecule has 5 nitrogen and oxygen atoms in total. The minimum Gasteiger partial charge on any atom is -0.486 e. The molecule has 7 heteroatoms. The summed E-state index contributed by atoms with van der Waals surface area (Å²) in [5.41, 5.74) is 14.1. The zero-order valence-electron chi connectivity index (χ0n) is 35.9. The maximum absolute atomic E-state index is 6.59. The van der Waals surface area contributed by atoms with Gasteiger partial charge >= 0.3 is 126 Å². The summed E-state index contributed by atoms with van der Waals surface area (Å²) >= 11 is -1.86. The van der Waals surface area contributed by atoms with Crippen molar-refractivity contribution < 1.29 is 24.5 Å². The largest absolute Gasteiger partial charge is 0.486 e. The zero-order chi connectivity index (χ0) is 42.1. The summed E-state index contributed by atoms with van der Waals surface area (Å²) in [5.74, 6) is 8.77. The third-order valence-electron chi connectivity index (χ3n) is 11.1. The topological polar surface area (TPSA) is 56.7 Å². The van der Waals surface area contributed by atoms with Crippen molar-refractivity contribution in [1.29, 1.82) is 0 Å². The molecule has 6 aromatic carbocycles. The van der Waals surface area contributed by atoms with Crippen molar-refractivity contribution >= 4 is 50.8 Å². The van der Waals surface area contributed by atoms with Crippen molar-refractivity contribution in [3.05, 3.63) is 187 Å². The molecule has 4 aromatic heterocycles. The van der Waals surface area contributed by atoms with Crippen LogP contribution in [0.5, 0.6) is 0 Å². The maximum Gasteiger partial charge on any atom is 0.216 e. The summed E-state index contributed by atoms with van der Waals surface area (Å²) in [7, 11) is 0. The van der Waals surface area contributed by atoms with Gasteiger partial charge in [-0.15, -0.1) is 17.7 Å². The molecule has 0 aliphatic carbocycles. The minimum absolute atomic E-state index is 0. The zero-order valence-corrected chi connectivity index (χ0v) is 40.4. The van der Waals surface area contributed by atoms with Gasteiger partial charge in [0, 0.05) is 42.3 Å². The van der Waals surface area contributed by atoms with Crippen molar-refractivity contribution in [2.45, 2.75) is 44.5 Å². The fourth-order valence-electron chi connectivity index (χ4n) is 8.25. The van der Waals surface area contributed by atoms with Crippen LogP contribution in [0, 0.1) is 25.0 Å². The van der Waals surface area contributed by atoms with Gasteiger partial charge in [-0.1, -0.05) is 109 Å². The standard InChI is InChI=1S/C37H24N3O.C18H24GeN.Ir/c1-24-20-21-29(35-34(24)28-22-23-30(39-37(28)41-35)26-14-6-3-7-15-26)36-38-31-17-9-11-19-33(31)40(36)32-18-10-8-16-27(32)25-12-4-2-5-13-25;1-14(2)11-16-12-18(15-9-7-6-8-10-15)20-13-17(16)19(3,4)5;/h2-20,22-23H,1H3;6-9,12-14H,11H2,1-5H3;/q2*-1;. The van der Waals surface area contributed by atoms with Gasteiger partial charge < -0.3 is 8.98 Å². The average Bonchev–Trinajstić information content (AvgIpc) is 3.86. The Kier molecular flexibility index (Phi) is 12.6. The van der Waals surface area contributed by atoms with Crippen molar-refractivity contribution in [3.8, 4) is 50.7 Å². The Bertz CT molecular complexity index is 3130. The molecule has 0 bridgehead atoms. The first-order valence-corrected chi connectivity index (χ1v) is 28.4. The Morgan fingerprint density at radius 2 is 1.40 bits per heavy atom. The third-order valence-corrected chi connectivity index (χ3v) is 15.4. The van der Waals surface area contributed by atoms with Crippen LogP contribution in [0.3, 0.4) is 0 Å². The smallest absolute Gasteiger partial charge is 0.216 e. The van der Waals surface area contributed by atoms with E-state index in [0.717, 1.165) is 90.1 Å². The van der Waals surface area contributed by atoms with Gasteiger partial charge in [-0.2, -0.15) is 0 Å². The van der Waals surface area contributed by atoms with Crippen LogP contribution >= 0.6 is 0 Å². The summed E-state index contributed by atoms with van der Waals surface area (Å²) < 4.78 is 10.4. The Labute approximate surface area is 380 Å². The molecule has 0 saturated heterocycles. The molecule has 10 aromatic rings. The second-order valence-electron chi connectivity index (χ2n) is 17.1. The molecular formula is C55H48GeIrN4O-2. The molecular weight excluding hydrogens is 997 g/mol. The number of hydrogen-bond donors (Lipinski definition) is 0. The molecule has 0 saturated carbocycles. The fraction of sp³-hybridized carbons (Fsp3) is 0.145. The summed E-state index contributed by atoms with van der Waals surface area (Å²) in [6, 6.07) is 60.7. The number of furan rings is 1. The maximum atomic E-state index is 6.59. The second kappa shape index (κ2) is 18.2. The van der Waals surface area contributed by atoms with Gasteiger partial charge in [0.05, 0.1) is 28.1 Å². The predicted molar refractivity (Wildman–Crippen MR) is 256 cm³/mol. The molecule has 0 spiro atoms. The van der Waals surface area contributed by atoms with Crippen molar-refractivity contribution in [3.63, 3.8) is 0 Å². The number of rotatable bonds is 8. The van der Waals surface area contributed by atoms with E-state index >= 15 is 0 Å². The average molecular weight is 1050 g/mol. The Morgan fingerprint density at radius 1 is 0.710 bits per heavy atom. The number of pyridine rings is 2. The Hall–Kier alpha value is -5.92. The number of nitrogens with zero attached hydrogens (tertiary/aromatic N) is 4. The molecule has 0 N–H and O–H groups in total. The SMILES string of the molecule is CC(C)Cc1cc(-c2[c-]cccc2)nc[c]1[Ge]([CH3])([CH3])[CH3].Cc1c[c-]c(-c2nc3ccccc3n2-c2ccccc2-c2ccccc2)c2oc3nc(-c4ccccc4)ccc3c12.[Ir]. The predicted octanol–water partition coefficient (Wildman–Crippen LogP) is 13.7. The molecule has 0 amide bonds. The van der Waals surface area contributed by atoms with E-state index in [1.807, 2.05) is 54.6 Å². The molecule has 0 unspecified atom stereocenters. The van der Waals surface area contributed by atoms with E-state index < -0.39 is 13.3 Å². The van der Waals surface area contributed by atoms with Gasteiger partial charge in [-0.05, 0) is 35.9 Å². The summed E-state index contributed by atoms with van der Waals surface area (Å²) in [5, 5.41) is 2.02. The van der Waals surface area contributed by atoms with E-state index in [2.05, 4.69) is 164 Å². The summed E-state index contributed by atoms with van der Waals surface area (Å²) in [4.78, 5) is 14.8. The minimum atomic E-state index is -1.86. The van der Waals surface area contributed by atoms with Crippen molar-refractivity contribution in [1.82, 2.24) is 19.5 Å². The summed E-state index contributed by atoms with van der Waals surface area (Å²) in [6.45, 7) is 6.67. The number of aryl methyl sites for hydroxylation is 1. The number of aromatic nitrogens is 4. The quantitative estimate of drug-likeness (QED) is 0.112. The van der Waals surface area contributed by atoms with E-state index in [0.29, 0.717) is 11.6 Å². The molecule has 4 heterocycles. The van der Waals surface area contributed by atoms with Crippen LogP contribution in [0.2, 0.25) is 17.3 Å². The number of hydrogen-bond acceptors (Lipinski definition) is 4. The third kappa shape index (κ3) is 8.60. The molecule has 309 valence electrons. The monoisotopic (exact) mass is 1050 g/mol. The van der Waals surface area contributed by atoms with Gasteiger partial charge in [0.25, 0.3) is 0 Å². The first kappa shape index (κ1) is 42.8. The van der Waals surface area contributed by atoms with Crippen LogP contribution < -0.4 is 4.40 Å². The van der Waals surface area contributed by atoms with E-state index in [9.17, 15) is 0 Å². The number of para-hydroxylation sites is 3. The molecule has 10 rings (SSSR count). The molecule has 0 atom stereocenters. The fourth-order valence-corrected chi connectivity index (χ4v) is 11.6. The normalized spacial score (nSPS) is 11.5. The molecule has 0 aliphatic heterocycles. The Balaban J connectivity index is 0.000000214. The van der Waals surface area contributed by atoms with Crippen LogP contribution in [-0.4, -0.2) is 32.8 Å². The van der Waals surface area contributed by atoms with E-state index in [1.54, 1.807) is 4.40 Å². The molecule has 1 radical (unpaired) electrons. The van der Waals surface area contributed by atoms with Crippen LogP contribution in [-0.2, 0) is 26.5 Å². The van der Waals surface area contributed by atoms with Crippen LogP contribution in [0.15, 0.2) is 168 Å².